The van der Waals surface area contributed by atoms with Gasteiger partial charge in [0.15, 0.2) is 23.9 Å². The summed E-state index contributed by atoms with van der Waals surface area (Å²) in [5, 5.41) is 48.0. The largest absolute Gasteiger partial charge is 0.502 e. The van der Waals surface area contributed by atoms with Gasteiger partial charge in [0.25, 0.3) is 34.4 Å². The number of carbonyl (C=O) groups excluding carboxylic acids is 3. The van der Waals surface area contributed by atoms with Crippen molar-refractivity contribution in [2.24, 2.45) is 21.1 Å². The number of carboxylic acids is 1. The Hall–Kier alpha value is -6.89. The molecule has 3 aromatic heterocycles. The summed E-state index contributed by atoms with van der Waals surface area (Å²) >= 11 is 0. The SMILES string of the molecule is Cn1ccc(C(=O)NCCN(CCNC(=O)c2ccn(C)c(=O)c2O)CC(Cc2ccc(OCC(=O)O)cc2)NC(=O)c2ccn(C)c(=O)c2O)c(O)c1=O. The number of hydrogen-bond acceptors (Lipinski definition) is 12. The van der Waals surface area contributed by atoms with E-state index in [-0.39, 0.29) is 61.6 Å². The molecule has 4 rings (SSSR count). The summed E-state index contributed by atoms with van der Waals surface area (Å²) < 4.78 is 8.51. The van der Waals surface area contributed by atoms with Gasteiger partial charge < -0.3 is 54.8 Å². The molecular formula is C36H41N7O12. The average molecular weight is 764 g/mol. The fourth-order valence-electron chi connectivity index (χ4n) is 5.42. The van der Waals surface area contributed by atoms with E-state index in [1.807, 2.05) is 0 Å². The minimum Gasteiger partial charge on any atom is -0.502 e. The number of benzene rings is 1. The molecule has 0 aliphatic heterocycles. The summed E-state index contributed by atoms with van der Waals surface area (Å²) in [6.45, 7) is -0.396. The molecule has 0 aliphatic carbocycles. The number of ether oxygens (including phenoxy) is 1. The van der Waals surface area contributed by atoms with Crippen molar-refractivity contribution < 1.29 is 44.3 Å². The lowest BCUT2D eigenvalue weighted by Crippen LogP contribution is -2.48. The maximum Gasteiger partial charge on any atom is 0.341 e. The predicted octanol–water partition coefficient (Wildman–Crippen LogP) is -1.13. The van der Waals surface area contributed by atoms with E-state index in [1.165, 1.54) is 57.9 Å². The lowest BCUT2D eigenvalue weighted by Gasteiger charge is -2.29. The molecule has 0 radical (unpaired) electrons. The second-order valence-corrected chi connectivity index (χ2v) is 12.5. The monoisotopic (exact) mass is 763 g/mol. The van der Waals surface area contributed by atoms with Crippen LogP contribution in [0.2, 0.25) is 0 Å². The number of aromatic hydroxyl groups is 3. The van der Waals surface area contributed by atoms with E-state index in [1.54, 1.807) is 29.2 Å². The number of aryl methyl sites for hydroxylation is 3. The van der Waals surface area contributed by atoms with Gasteiger partial charge in [0.05, 0.1) is 16.7 Å². The third kappa shape index (κ3) is 10.6. The summed E-state index contributed by atoms with van der Waals surface area (Å²) in [7, 11) is 4.23. The van der Waals surface area contributed by atoms with E-state index in [9.17, 15) is 48.9 Å². The minimum absolute atomic E-state index is 0.0389. The van der Waals surface area contributed by atoms with Crippen molar-refractivity contribution in [3.8, 4) is 23.0 Å². The first kappa shape index (κ1) is 40.9. The Morgan fingerprint density at radius 2 is 1.09 bits per heavy atom. The van der Waals surface area contributed by atoms with Crippen LogP contribution in [0, 0.1) is 0 Å². The van der Waals surface area contributed by atoms with Gasteiger partial charge in [-0.1, -0.05) is 12.1 Å². The van der Waals surface area contributed by atoms with Gasteiger partial charge in [-0.3, -0.25) is 33.7 Å². The molecule has 1 unspecified atom stereocenters. The molecule has 0 bridgehead atoms. The number of carboxylic acid groups (broad SMARTS) is 1. The Morgan fingerprint density at radius 3 is 1.51 bits per heavy atom. The first-order valence-electron chi connectivity index (χ1n) is 16.8. The second-order valence-electron chi connectivity index (χ2n) is 12.5. The fourth-order valence-corrected chi connectivity index (χ4v) is 5.42. The van der Waals surface area contributed by atoms with Crippen molar-refractivity contribution in [1.82, 2.24) is 34.6 Å². The summed E-state index contributed by atoms with van der Waals surface area (Å²) in [5.41, 5.74) is -2.43. The molecule has 0 fully saturated rings. The summed E-state index contributed by atoms with van der Waals surface area (Å²) in [6, 6.07) is 9.49. The van der Waals surface area contributed by atoms with Gasteiger partial charge >= 0.3 is 5.97 Å². The van der Waals surface area contributed by atoms with Crippen molar-refractivity contribution in [3.63, 3.8) is 0 Å². The molecular weight excluding hydrogens is 722 g/mol. The molecule has 292 valence electrons. The van der Waals surface area contributed by atoms with Crippen LogP contribution in [0.1, 0.15) is 36.6 Å². The number of aromatic nitrogens is 3. The Labute approximate surface area is 312 Å². The van der Waals surface area contributed by atoms with E-state index in [4.69, 9.17) is 9.84 Å². The van der Waals surface area contributed by atoms with E-state index < -0.39 is 70.3 Å². The van der Waals surface area contributed by atoms with Gasteiger partial charge in [-0.15, -0.1) is 0 Å². The van der Waals surface area contributed by atoms with Gasteiger partial charge in [0, 0.05) is 78.5 Å². The number of nitrogens with one attached hydrogen (secondary N) is 3. The molecule has 0 aliphatic rings. The molecule has 0 saturated carbocycles. The van der Waals surface area contributed by atoms with Crippen molar-refractivity contribution in [2.75, 3.05) is 39.3 Å². The average Bonchev–Trinajstić information content (AvgIpc) is 3.14. The smallest absolute Gasteiger partial charge is 0.341 e. The summed E-state index contributed by atoms with van der Waals surface area (Å²) in [4.78, 5) is 88.7. The number of rotatable bonds is 17. The van der Waals surface area contributed by atoms with Crippen molar-refractivity contribution >= 4 is 23.7 Å². The molecule has 0 spiro atoms. The molecule has 19 heteroatoms. The summed E-state index contributed by atoms with van der Waals surface area (Å²) in [5.74, 6) is -5.35. The molecule has 7 N–H and O–H groups in total. The molecule has 1 atom stereocenters. The number of aliphatic carboxylic acids is 1. The highest BCUT2D eigenvalue weighted by atomic mass is 16.5. The summed E-state index contributed by atoms with van der Waals surface area (Å²) in [6.07, 6.45) is 4.13. The van der Waals surface area contributed by atoms with Crippen LogP contribution < -0.4 is 37.4 Å². The van der Waals surface area contributed by atoms with Gasteiger partial charge in [0.2, 0.25) is 0 Å². The maximum atomic E-state index is 13.5. The lowest BCUT2D eigenvalue weighted by atomic mass is 10.0. The fraction of sp³-hybridized carbons (Fsp3) is 0.306. The van der Waals surface area contributed by atoms with E-state index in [0.717, 1.165) is 13.7 Å². The Morgan fingerprint density at radius 1 is 0.673 bits per heavy atom. The van der Waals surface area contributed by atoms with Crippen LogP contribution in [0.15, 0.2) is 75.4 Å². The van der Waals surface area contributed by atoms with Crippen molar-refractivity contribution in [2.45, 2.75) is 12.5 Å². The van der Waals surface area contributed by atoms with Gasteiger partial charge in [0.1, 0.15) is 5.75 Å². The quantitative estimate of drug-likeness (QED) is 0.0672. The minimum atomic E-state index is -1.16. The van der Waals surface area contributed by atoms with Gasteiger partial charge in [-0.2, -0.15) is 0 Å². The molecule has 4 aromatic rings. The van der Waals surface area contributed by atoms with Crippen LogP contribution in [0.25, 0.3) is 0 Å². The molecule has 0 saturated heterocycles. The van der Waals surface area contributed by atoms with Crippen LogP contribution in [-0.2, 0) is 32.4 Å². The van der Waals surface area contributed by atoms with Gasteiger partial charge in [-0.25, -0.2) is 4.79 Å². The number of carbonyl (C=O) groups is 4. The highest BCUT2D eigenvalue weighted by Crippen LogP contribution is 2.16. The van der Waals surface area contributed by atoms with Crippen molar-refractivity contribution in [3.05, 3.63) is 114 Å². The van der Waals surface area contributed by atoms with Crippen LogP contribution in [0.4, 0.5) is 0 Å². The number of pyridine rings is 3. The Balaban J connectivity index is 1.58. The zero-order valence-corrected chi connectivity index (χ0v) is 30.1. The first-order chi connectivity index (χ1) is 26.1. The molecule has 55 heavy (non-hydrogen) atoms. The molecule has 3 amide bonds. The normalized spacial score (nSPS) is 11.5. The van der Waals surface area contributed by atoms with Crippen LogP contribution in [0.5, 0.6) is 23.0 Å². The number of amides is 3. The third-order valence-corrected chi connectivity index (χ3v) is 8.47. The highest BCUT2D eigenvalue weighted by molar-refractivity contribution is 5.97. The van der Waals surface area contributed by atoms with Crippen LogP contribution in [0.3, 0.4) is 0 Å². The maximum absolute atomic E-state index is 13.5. The van der Waals surface area contributed by atoms with Crippen molar-refractivity contribution in [1.29, 1.82) is 0 Å². The topological polar surface area (TPSA) is 264 Å². The van der Waals surface area contributed by atoms with E-state index >= 15 is 0 Å². The second kappa shape index (κ2) is 18.2. The molecule has 3 heterocycles. The number of nitrogens with zero attached hydrogens (tertiary/aromatic N) is 4. The first-order valence-corrected chi connectivity index (χ1v) is 16.8. The van der Waals surface area contributed by atoms with E-state index in [2.05, 4.69) is 16.0 Å². The zero-order valence-electron chi connectivity index (χ0n) is 30.1. The third-order valence-electron chi connectivity index (χ3n) is 8.47. The Bertz CT molecular complexity index is 2160. The highest BCUT2D eigenvalue weighted by Gasteiger charge is 2.23. The van der Waals surface area contributed by atoms with Crippen LogP contribution >= 0.6 is 0 Å². The predicted molar refractivity (Wildman–Crippen MR) is 196 cm³/mol. The molecule has 19 nitrogen and oxygen atoms in total. The standard InChI is InChI=1S/C36H41N7O12/c1-40-13-8-24(28(46)34(40)52)31(49)37-11-16-43(17-12-38-32(50)25-9-14-41(2)35(53)29(25)47)19-22(18-21-4-6-23(7-5-21)55-20-27(44)45)39-33(51)26-10-15-42(3)36(54)30(26)48/h4-10,13-15,22,46-48H,11-12,16-20H2,1-3H3,(H,37,49)(H,38,50)(H,39,51)(H,44,45). The number of hydrogen-bond donors (Lipinski definition) is 7. The van der Waals surface area contributed by atoms with Crippen LogP contribution in [-0.4, -0.2) is 108 Å². The Kier molecular flexibility index (Phi) is 13.6. The van der Waals surface area contributed by atoms with Gasteiger partial charge in [-0.05, 0) is 42.3 Å². The lowest BCUT2D eigenvalue weighted by molar-refractivity contribution is -0.139. The van der Waals surface area contributed by atoms with E-state index in [0.29, 0.717) is 5.56 Å². The molecule has 1 aromatic carbocycles. The zero-order chi connectivity index (χ0) is 40.4.